The molecule has 1 atom stereocenters. The van der Waals surface area contributed by atoms with E-state index in [2.05, 4.69) is 0 Å². The Balaban J connectivity index is 2.04. The van der Waals surface area contributed by atoms with Crippen LogP contribution in [0.15, 0.2) is 18.2 Å². The van der Waals surface area contributed by atoms with E-state index in [0.29, 0.717) is 10.0 Å². The van der Waals surface area contributed by atoms with Crippen molar-refractivity contribution in [3.05, 3.63) is 33.8 Å². The Morgan fingerprint density at radius 2 is 1.88 bits per heavy atom. The van der Waals surface area contributed by atoms with Gasteiger partial charge in [0.2, 0.25) is 0 Å². The lowest BCUT2D eigenvalue weighted by Gasteiger charge is -2.16. The molecule has 0 heterocycles. The highest BCUT2D eigenvalue weighted by atomic mass is 35.5. The molecule has 1 aromatic rings. The Kier molecular flexibility index (Phi) is 4.41. The van der Waals surface area contributed by atoms with E-state index in [9.17, 15) is 0 Å². The van der Waals surface area contributed by atoms with Crippen LogP contribution in [0.5, 0.6) is 0 Å². The van der Waals surface area contributed by atoms with E-state index in [-0.39, 0.29) is 5.38 Å². The summed E-state index contributed by atoms with van der Waals surface area (Å²) < 4.78 is 0. The second kappa shape index (κ2) is 5.62. The van der Waals surface area contributed by atoms with Gasteiger partial charge in [0.15, 0.2) is 0 Å². The fraction of sp³-hybridized carbons (Fsp3) is 0.538. The summed E-state index contributed by atoms with van der Waals surface area (Å²) in [6, 6.07) is 5.56. The topological polar surface area (TPSA) is 0 Å². The normalized spacial score (nSPS) is 18.9. The van der Waals surface area contributed by atoms with E-state index in [1.54, 1.807) is 6.07 Å². The van der Waals surface area contributed by atoms with Gasteiger partial charge in [0.05, 0.1) is 5.38 Å². The molecule has 16 heavy (non-hydrogen) atoms. The summed E-state index contributed by atoms with van der Waals surface area (Å²) in [7, 11) is 0. The van der Waals surface area contributed by atoms with E-state index >= 15 is 0 Å². The minimum Gasteiger partial charge on any atom is -0.118 e. The number of hydrogen-bond donors (Lipinski definition) is 0. The number of halogens is 3. The van der Waals surface area contributed by atoms with Gasteiger partial charge in [0.25, 0.3) is 0 Å². The molecule has 1 aromatic carbocycles. The van der Waals surface area contributed by atoms with Crippen LogP contribution in [-0.4, -0.2) is 0 Å². The van der Waals surface area contributed by atoms with Crippen LogP contribution < -0.4 is 0 Å². The molecule has 0 spiro atoms. The van der Waals surface area contributed by atoms with Crippen molar-refractivity contribution in [3.8, 4) is 0 Å². The lowest BCUT2D eigenvalue weighted by molar-refractivity contribution is 0.496. The maximum Gasteiger partial charge on any atom is 0.0602 e. The molecule has 1 fully saturated rings. The van der Waals surface area contributed by atoms with E-state index in [1.165, 1.54) is 25.7 Å². The van der Waals surface area contributed by atoms with E-state index < -0.39 is 0 Å². The molecular weight excluding hydrogens is 263 g/mol. The first-order valence-corrected chi connectivity index (χ1v) is 6.95. The molecule has 88 valence electrons. The minimum absolute atomic E-state index is 0.0212. The van der Waals surface area contributed by atoms with Crippen molar-refractivity contribution < 1.29 is 0 Å². The van der Waals surface area contributed by atoms with Crippen LogP contribution in [0.1, 0.15) is 43.0 Å². The quantitative estimate of drug-likeness (QED) is 0.608. The summed E-state index contributed by atoms with van der Waals surface area (Å²) in [6.45, 7) is 0. The SMILES string of the molecule is Clc1ccc(C(Cl)CC2CCCC2)c(Cl)c1. The molecule has 0 bridgehead atoms. The van der Waals surface area contributed by atoms with Crippen LogP contribution in [0.2, 0.25) is 10.0 Å². The van der Waals surface area contributed by atoms with Crippen molar-refractivity contribution in [1.82, 2.24) is 0 Å². The van der Waals surface area contributed by atoms with Crippen LogP contribution in [0.3, 0.4) is 0 Å². The fourth-order valence-corrected chi connectivity index (χ4v) is 3.46. The molecule has 0 aromatic heterocycles. The molecule has 2 rings (SSSR count). The van der Waals surface area contributed by atoms with Gasteiger partial charge in [-0.05, 0) is 30.0 Å². The summed E-state index contributed by atoms with van der Waals surface area (Å²) >= 11 is 18.4. The smallest absolute Gasteiger partial charge is 0.0602 e. The first kappa shape index (κ1) is 12.5. The molecule has 1 aliphatic rings. The Labute approximate surface area is 112 Å². The standard InChI is InChI=1S/C13H15Cl3/c14-10-5-6-11(13(16)8-10)12(15)7-9-3-1-2-4-9/h5-6,8-9,12H,1-4,7H2. The minimum atomic E-state index is 0.0212. The highest BCUT2D eigenvalue weighted by Gasteiger charge is 2.21. The predicted molar refractivity (Wildman–Crippen MR) is 71.6 cm³/mol. The molecule has 0 nitrogen and oxygen atoms in total. The molecule has 1 unspecified atom stereocenters. The van der Waals surface area contributed by atoms with Crippen molar-refractivity contribution in [1.29, 1.82) is 0 Å². The molecule has 0 N–H and O–H groups in total. The van der Waals surface area contributed by atoms with Crippen molar-refractivity contribution in [2.75, 3.05) is 0 Å². The predicted octanol–water partition coefficient (Wildman–Crippen LogP) is 5.85. The van der Waals surface area contributed by atoms with Crippen LogP contribution in [0.4, 0.5) is 0 Å². The zero-order chi connectivity index (χ0) is 11.5. The van der Waals surface area contributed by atoms with Crippen LogP contribution in [-0.2, 0) is 0 Å². The molecule has 1 saturated carbocycles. The number of rotatable bonds is 3. The van der Waals surface area contributed by atoms with Gasteiger partial charge in [-0.1, -0.05) is 55.0 Å². The summed E-state index contributed by atoms with van der Waals surface area (Å²) in [5.41, 5.74) is 1.01. The van der Waals surface area contributed by atoms with Crippen LogP contribution >= 0.6 is 34.8 Å². The average Bonchev–Trinajstić information content (AvgIpc) is 2.70. The zero-order valence-electron chi connectivity index (χ0n) is 9.06. The maximum absolute atomic E-state index is 6.42. The molecule has 1 aliphatic carbocycles. The lowest BCUT2D eigenvalue weighted by Crippen LogP contribution is -2.00. The number of benzene rings is 1. The second-order valence-electron chi connectivity index (χ2n) is 4.52. The molecule has 0 radical (unpaired) electrons. The second-order valence-corrected chi connectivity index (χ2v) is 5.89. The molecule has 0 amide bonds. The average molecular weight is 278 g/mol. The largest absolute Gasteiger partial charge is 0.118 e. The lowest BCUT2D eigenvalue weighted by atomic mass is 9.98. The third kappa shape index (κ3) is 3.06. The first-order valence-electron chi connectivity index (χ1n) is 5.76. The van der Waals surface area contributed by atoms with Gasteiger partial charge in [-0.25, -0.2) is 0 Å². The zero-order valence-corrected chi connectivity index (χ0v) is 11.3. The highest BCUT2D eigenvalue weighted by Crippen LogP contribution is 2.38. The highest BCUT2D eigenvalue weighted by molar-refractivity contribution is 6.35. The van der Waals surface area contributed by atoms with Crippen molar-refractivity contribution in [3.63, 3.8) is 0 Å². The van der Waals surface area contributed by atoms with Gasteiger partial charge in [-0.15, -0.1) is 11.6 Å². The third-order valence-corrected chi connectivity index (χ3v) is 4.29. The molecule has 3 heteroatoms. The van der Waals surface area contributed by atoms with Gasteiger partial charge < -0.3 is 0 Å². The maximum atomic E-state index is 6.42. The summed E-state index contributed by atoms with van der Waals surface area (Å²) in [5, 5.41) is 1.37. The van der Waals surface area contributed by atoms with E-state index in [1.807, 2.05) is 12.1 Å². The Morgan fingerprint density at radius 1 is 1.19 bits per heavy atom. The molecule has 0 aliphatic heterocycles. The Morgan fingerprint density at radius 3 is 2.50 bits per heavy atom. The Hall–Kier alpha value is 0.0900. The number of hydrogen-bond acceptors (Lipinski definition) is 0. The van der Waals surface area contributed by atoms with Gasteiger partial charge in [-0.2, -0.15) is 0 Å². The van der Waals surface area contributed by atoms with Crippen molar-refractivity contribution in [2.45, 2.75) is 37.5 Å². The van der Waals surface area contributed by atoms with Crippen molar-refractivity contribution in [2.24, 2.45) is 5.92 Å². The monoisotopic (exact) mass is 276 g/mol. The summed E-state index contributed by atoms with van der Waals surface area (Å²) in [4.78, 5) is 0. The van der Waals surface area contributed by atoms with Gasteiger partial charge >= 0.3 is 0 Å². The Bertz CT molecular complexity index is 356. The number of alkyl halides is 1. The molecule has 0 saturated heterocycles. The molecular formula is C13H15Cl3. The summed E-state index contributed by atoms with van der Waals surface area (Å²) in [5.74, 6) is 0.772. The first-order chi connectivity index (χ1) is 7.66. The third-order valence-electron chi connectivity index (χ3n) is 3.31. The van der Waals surface area contributed by atoms with E-state index in [4.69, 9.17) is 34.8 Å². The van der Waals surface area contributed by atoms with Gasteiger partial charge in [0, 0.05) is 10.0 Å². The van der Waals surface area contributed by atoms with Crippen molar-refractivity contribution >= 4 is 34.8 Å². The van der Waals surface area contributed by atoms with E-state index in [0.717, 1.165) is 17.9 Å². The van der Waals surface area contributed by atoms with Gasteiger partial charge in [-0.3, -0.25) is 0 Å². The summed E-state index contributed by atoms with van der Waals surface area (Å²) in [6.07, 6.45) is 6.36. The van der Waals surface area contributed by atoms with Crippen LogP contribution in [0, 0.1) is 5.92 Å². The van der Waals surface area contributed by atoms with Gasteiger partial charge in [0.1, 0.15) is 0 Å². The van der Waals surface area contributed by atoms with Crippen LogP contribution in [0.25, 0.3) is 0 Å². The fourth-order valence-electron chi connectivity index (χ4n) is 2.42.